The average molecular weight is 422 g/mol. The van der Waals surface area contributed by atoms with Crippen LogP contribution in [0.5, 0.6) is 0 Å². The van der Waals surface area contributed by atoms with E-state index in [0.29, 0.717) is 0 Å². The van der Waals surface area contributed by atoms with Gasteiger partial charge in [0.15, 0.2) is 0 Å². The minimum Gasteiger partial charge on any atom is -0.802 e. The van der Waals surface area contributed by atoms with E-state index in [1.807, 2.05) is 0 Å². The Balaban J connectivity index is -0.00000000269. The SMILES string of the molecule is O.O.O.O.O.O.O.O.O.O.O.O.O=P([O-])([O-])P(=O)(O)O.[Na+].[Na+]. The van der Waals surface area contributed by atoms with Crippen molar-refractivity contribution in [3.05, 3.63) is 0 Å². The van der Waals surface area contributed by atoms with Gasteiger partial charge in [-0.15, -0.1) is 0 Å². The molecule has 146 valence electrons. The molecule has 22 heavy (non-hydrogen) atoms. The summed E-state index contributed by atoms with van der Waals surface area (Å²) in [5.41, 5.74) is 0. The van der Waals surface area contributed by atoms with E-state index < -0.39 is 14.6 Å². The molecule has 0 saturated carbocycles. The van der Waals surface area contributed by atoms with Gasteiger partial charge in [-0.1, -0.05) is 0 Å². The number of hydrogen-bond acceptors (Lipinski definition) is 4. The normalized spacial score (nSPS) is 5.09. The Hall–Kier alpha value is 1.82. The van der Waals surface area contributed by atoms with E-state index in [2.05, 4.69) is 0 Å². The van der Waals surface area contributed by atoms with Gasteiger partial charge in [0.05, 0.1) is 0 Å². The third-order valence-corrected chi connectivity index (χ3v) is 2.87. The smallest absolute Gasteiger partial charge is 0.802 e. The van der Waals surface area contributed by atoms with Gasteiger partial charge in [0, 0.05) is 7.28 Å². The summed E-state index contributed by atoms with van der Waals surface area (Å²) < 4.78 is 18.8. The Morgan fingerprint density at radius 2 is 0.545 bits per heavy atom. The van der Waals surface area contributed by atoms with E-state index in [9.17, 15) is 18.9 Å². The van der Waals surface area contributed by atoms with Crippen LogP contribution in [0.25, 0.3) is 0 Å². The van der Waals surface area contributed by atoms with Gasteiger partial charge in [0.1, 0.15) is 0 Å². The van der Waals surface area contributed by atoms with E-state index >= 15 is 0 Å². The molecular weight excluding hydrogens is 396 g/mol. The van der Waals surface area contributed by atoms with Crippen molar-refractivity contribution in [2.24, 2.45) is 0 Å². The van der Waals surface area contributed by atoms with Crippen LogP contribution in [0.15, 0.2) is 0 Å². The summed E-state index contributed by atoms with van der Waals surface area (Å²) >= 11 is 0. The molecule has 0 amide bonds. The van der Waals surface area contributed by atoms with Gasteiger partial charge >= 0.3 is 66.4 Å². The molecule has 0 aromatic carbocycles. The van der Waals surface area contributed by atoms with E-state index in [-0.39, 0.29) is 125 Å². The van der Waals surface area contributed by atoms with Crippen molar-refractivity contribution in [3.8, 4) is 0 Å². The quantitative estimate of drug-likeness (QED) is 0.304. The van der Waals surface area contributed by atoms with Gasteiger partial charge in [0.2, 0.25) is 0 Å². The molecule has 0 aromatic heterocycles. The summed E-state index contributed by atoms with van der Waals surface area (Å²) in [5.74, 6) is 0. The van der Waals surface area contributed by atoms with Crippen molar-refractivity contribution in [3.63, 3.8) is 0 Å². The van der Waals surface area contributed by atoms with Crippen LogP contribution in [0, 0.1) is 0 Å². The molecule has 0 aromatic rings. The molecular formula is H26Na2O18P2. The zero-order valence-electron chi connectivity index (χ0n) is 11.4. The van der Waals surface area contributed by atoms with Crippen LogP contribution in [0.2, 0.25) is 0 Å². The van der Waals surface area contributed by atoms with Crippen LogP contribution in [0.1, 0.15) is 0 Å². The predicted octanol–water partition coefficient (Wildman–Crippen LogP) is -17.9. The van der Waals surface area contributed by atoms with Crippen LogP contribution in [-0.4, -0.2) is 75.5 Å². The Kier molecular flexibility index (Phi) is 412. The van der Waals surface area contributed by atoms with Crippen LogP contribution in [-0.2, 0) is 9.13 Å². The van der Waals surface area contributed by atoms with Crippen LogP contribution in [0.3, 0.4) is 0 Å². The molecule has 0 aliphatic rings. The van der Waals surface area contributed by atoms with Crippen LogP contribution in [0.4, 0.5) is 0 Å². The second-order valence-electron chi connectivity index (χ2n) is 0.982. The fourth-order valence-electron chi connectivity index (χ4n) is 0. The minimum absolute atomic E-state index is 0. The van der Waals surface area contributed by atoms with Gasteiger partial charge in [-0.2, -0.15) is 0 Å². The maximum absolute atomic E-state index is 9.46. The Morgan fingerprint density at radius 3 is 0.545 bits per heavy atom. The zero-order chi connectivity index (χ0) is 7.00. The Morgan fingerprint density at radius 1 is 0.500 bits per heavy atom. The fourth-order valence-corrected chi connectivity index (χ4v) is 0. The topological polar surface area (TPSA) is 499 Å². The van der Waals surface area contributed by atoms with Crippen LogP contribution >= 0.6 is 14.6 Å². The van der Waals surface area contributed by atoms with Crippen molar-refractivity contribution in [1.29, 1.82) is 0 Å². The fraction of sp³-hybridized carbons (Fsp3) is 0. The third-order valence-electron chi connectivity index (χ3n) is 0.319. The summed E-state index contributed by atoms with van der Waals surface area (Å²) in [7, 11) is -11.1. The summed E-state index contributed by atoms with van der Waals surface area (Å²) in [6, 6.07) is 0. The molecule has 0 aliphatic carbocycles. The molecule has 26 N–H and O–H groups in total. The maximum atomic E-state index is 9.46. The third kappa shape index (κ3) is 80.8. The van der Waals surface area contributed by atoms with Gasteiger partial charge < -0.3 is 89.9 Å². The Labute approximate surface area is 167 Å². The molecule has 0 fully saturated rings. The van der Waals surface area contributed by atoms with Gasteiger partial charge in [-0.25, -0.2) is 0 Å². The molecule has 22 heteroatoms. The largest absolute Gasteiger partial charge is 1.00 e. The first kappa shape index (κ1) is 159. The van der Waals surface area contributed by atoms with E-state index in [1.54, 1.807) is 0 Å². The number of hydrogen-bond donors (Lipinski definition) is 2. The second kappa shape index (κ2) is 56.9. The maximum Gasteiger partial charge on any atom is 1.00 e. The molecule has 0 spiro atoms. The van der Waals surface area contributed by atoms with Crippen molar-refractivity contribution in [2.45, 2.75) is 0 Å². The van der Waals surface area contributed by atoms with Gasteiger partial charge in [0.25, 0.3) is 0 Å². The zero-order valence-corrected chi connectivity index (χ0v) is 17.2. The van der Waals surface area contributed by atoms with Crippen LogP contribution < -0.4 is 68.9 Å². The molecule has 0 heterocycles. The summed E-state index contributed by atoms with van der Waals surface area (Å²) in [4.78, 5) is 33.9. The van der Waals surface area contributed by atoms with Crippen molar-refractivity contribution in [2.75, 3.05) is 0 Å². The van der Waals surface area contributed by atoms with E-state index in [4.69, 9.17) is 9.79 Å². The first-order valence-electron chi connectivity index (χ1n) is 1.33. The first-order valence-corrected chi connectivity index (χ1v) is 5.19. The molecule has 0 aliphatic heterocycles. The Bertz CT molecular complexity index is 148. The number of rotatable bonds is 1. The second-order valence-corrected chi connectivity index (χ2v) is 5.98. The molecule has 0 saturated heterocycles. The summed E-state index contributed by atoms with van der Waals surface area (Å²) in [6.45, 7) is 0. The molecule has 18 nitrogen and oxygen atoms in total. The van der Waals surface area contributed by atoms with E-state index in [0.717, 1.165) is 0 Å². The molecule has 0 atom stereocenters. The molecule has 0 unspecified atom stereocenters. The minimum atomic E-state index is -5.68. The van der Waals surface area contributed by atoms with Crippen molar-refractivity contribution >= 4 is 14.6 Å². The average Bonchev–Trinajstić information content (AvgIpc) is 1.25. The summed E-state index contributed by atoms with van der Waals surface area (Å²) in [6.07, 6.45) is 0. The molecule has 0 rings (SSSR count). The van der Waals surface area contributed by atoms with E-state index in [1.165, 1.54) is 0 Å². The first-order chi connectivity index (χ1) is 3.25. The van der Waals surface area contributed by atoms with Gasteiger partial charge in [-0.3, -0.25) is 4.57 Å². The van der Waals surface area contributed by atoms with Gasteiger partial charge in [-0.05, 0) is 0 Å². The monoisotopic (exact) mass is 422 g/mol. The molecule has 0 radical (unpaired) electrons. The summed E-state index contributed by atoms with van der Waals surface area (Å²) in [5, 5.41) is 0. The standard InChI is InChI=1S/2Na.H4O6P2.12H2O/c;;1-7(2,3)8(4,5)6;;;;;;;;;;;;/h;;(H2,1,2,3)(H2,4,5,6);12*1H2/q2*+1;;;;;;;;;;;;;/p-2. The molecule has 0 bridgehead atoms. The van der Waals surface area contributed by atoms with Crippen molar-refractivity contribution < 1.29 is 154 Å². The van der Waals surface area contributed by atoms with Crippen molar-refractivity contribution in [1.82, 2.24) is 0 Å². The predicted molar refractivity (Wildman–Crippen MR) is 63.0 cm³/mol.